The average molecular weight is 261 g/mol. The van der Waals surface area contributed by atoms with Crippen LogP contribution in [0.15, 0.2) is 12.4 Å². The van der Waals surface area contributed by atoms with Gasteiger partial charge in [0.25, 0.3) is 0 Å². The molecule has 0 saturated carbocycles. The van der Waals surface area contributed by atoms with E-state index in [-0.39, 0.29) is 0 Å². The number of Topliss-reactive ketones (excluding diaryl/α,β-unsaturated/α-hetero) is 1. The minimum Gasteiger partial charge on any atom is -0.388 e. The quantitative estimate of drug-likeness (QED) is 0.660. The largest absolute Gasteiger partial charge is 0.388 e. The van der Waals surface area contributed by atoms with Gasteiger partial charge in [0.15, 0.2) is 11.6 Å². The summed E-state index contributed by atoms with van der Waals surface area (Å²) >= 11 is 0. The van der Waals surface area contributed by atoms with Crippen LogP contribution in [0.5, 0.6) is 0 Å². The molecule has 102 valence electrons. The monoisotopic (exact) mass is 261 g/mol. The number of carbonyl (C=O) groups excluding carboxylic acids is 1. The van der Waals surface area contributed by atoms with Crippen molar-refractivity contribution in [3.8, 4) is 0 Å². The number of ketones is 1. The molecular formula is C10H16FN3O4. The van der Waals surface area contributed by atoms with Crippen LogP contribution in [-0.4, -0.2) is 49.5 Å². The highest BCUT2D eigenvalue weighted by Gasteiger charge is 2.24. The third-order valence-electron chi connectivity index (χ3n) is 2.03. The third kappa shape index (κ3) is 4.86. The molecule has 1 aromatic rings. The summed E-state index contributed by atoms with van der Waals surface area (Å²) in [5.41, 5.74) is 0. The van der Waals surface area contributed by atoms with Crippen molar-refractivity contribution in [2.24, 2.45) is 0 Å². The van der Waals surface area contributed by atoms with Gasteiger partial charge in [-0.2, -0.15) is 0 Å². The number of aliphatic hydroxyl groups is 2. The van der Waals surface area contributed by atoms with E-state index in [4.69, 9.17) is 4.74 Å². The van der Waals surface area contributed by atoms with E-state index in [1.165, 1.54) is 26.2 Å². The predicted octanol–water partition coefficient (Wildman–Crippen LogP) is -0.189. The SMILES string of the molecule is CC(C)(O)OCC(=O)CC(O)C(F)n1ccnn1. The number of aliphatic hydroxyl groups excluding tert-OH is 1. The fourth-order valence-corrected chi connectivity index (χ4v) is 1.17. The molecule has 2 unspecified atom stereocenters. The van der Waals surface area contributed by atoms with Gasteiger partial charge in [-0.3, -0.25) is 4.79 Å². The first-order valence-electron chi connectivity index (χ1n) is 5.35. The van der Waals surface area contributed by atoms with E-state index in [2.05, 4.69) is 10.3 Å². The summed E-state index contributed by atoms with van der Waals surface area (Å²) in [6.07, 6.45) is -1.32. The molecule has 0 fully saturated rings. The molecule has 1 aromatic heterocycles. The second-order valence-electron chi connectivity index (χ2n) is 4.30. The predicted molar refractivity (Wildman–Crippen MR) is 58.0 cm³/mol. The van der Waals surface area contributed by atoms with E-state index in [0.717, 1.165) is 4.68 Å². The molecule has 18 heavy (non-hydrogen) atoms. The number of rotatable bonds is 7. The van der Waals surface area contributed by atoms with Crippen LogP contribution in [0.1, 0.15) is 26.6 Å². The van der Waals surface area contributed by atoms with Gasteiger partial charge >= 0.3 is 0 Å². The molecular weight excluding hydrogens is 245 g/mol. The van der Waals surface area contributed by atoms with Crippen LogP contribution in [0.4, 0.5) is 4.39 Å². The second-order valence-corrected chi connectivity index (χ2v) is 4.30. The average Bonchev–Trinajstić information content (AvgIpc) is 2.77. The lowest BCUT2D eigenvalue weighted by Crippen LogP contribution is -2.30. The molecule has 0 aliphatic rings. The molecule has 0 radical (unpaired) electrons. The number of nitrogens with zero attached hydrogens (tertiary/aromatic N) is 3. The first-order chi connectivity index (χ1) is 8.29. The first-order valence-corrected chi connectivity index (χ1v) is 5.35. The first kappa shape index (κ1) is 14.7. The summed E-state index contributed by atoms with van der Waals surface area (Å²) < 4.78 is 19.2. The van der Waals surface area contributed by atoms with E-state index >= 15 is 0 Å². The van der Waals surface area contributed by atoms with Crippen molar-refractivity contribution in [1.29, 1.82) is 0 Å². The Labute approximate surface area is 103 Å². The summed E-state index contributed by atoms with van der Waals surface area (Å²) in [4.78, 5) is 11.4. The van der Waals surface area contributed by atoms with Crippen LogP contribution in [-0.2, 0) is 9.53 Å². The number of hydrogen-bond donors (Lipinski definition) is 2. The maximum atomic E-state index is 13.6. The van der Waals surface area contributed by atoms with Gasteiger partial charge in [-0.15, -0.1) is 5.10 Å². The van der Waals surface area contributed by atoms with Gasteiger partial charge in [-0.25, -0.2) is 9.07 Å². The Bertz CT molecular complexity index is 377. The van der Waals surface area contributed by atoms with Crippen molar-refractivity contribution in [2.75, 3.05) is 6.61 Å². The van der Waals surface area contributed by atoms with Crippen LogP contribution in [0.25, 0.3) is 0 Å². The molecule has 1 heterocycles. The summed E-state index contributed by atoms with van der Waals surface area (Å²) in [5.74, 6) is -1.96. The van der Waals surface area contributed by atoms with Crippen LogP contribution in [0, 0.1) is 0 Å². The molecule has 0 aliphatic heterocycles. The van der Waals surface area contributed by atoms with Gasteiger partial charge in [-0.1, -0.05) is 5.21 Å². The summed E-state index contributed by atoms with van der Waals surface area (Å²) in [6.45, 7) is 2.33. The van der Waals surface area contributed by atoms with Crippen molar-refractivity contribution in [3.05, 3.63) is 12.4 Å². The van der Waals surface area contributed by atoms with E-state index < -0.39 is 37.0 Å². The molecule has 0 aromatic carbocycles. The van der Waals surface area contributed by atoms with Gasteiger partial charge < -0.3 is 14.9 Å². The van der Waals surface area contributed by atoms with Gasteiger partial charge in [0, 0.05) is 12.6 Å². The zero-order chi connectivity index (χ0) is 13.8. The lowest BCUT2D eigenvalue weighted by Gasteiger charge is -2.19. The van der Waals surface area contributed by atoms with Crippen LogP contribution in [0.3, 0.4) is 0 Å². The highest BCUT2D eigenvalue weighted by atomic mass is 19.1. The maximum absolute atomic E-state index is 13.6. The Balaban J connectivity index is 2.40. The Morgan fingerprint density at radius 1 is 1.61 bits per heavy atom. The topological polar surface area (TPSA) is 97.5 Å². The molecule has 7 nitrogen and oxygen atoms in total. The van der Waals surface area contributed by atoms with Crippen LogP contribution < -0.4 is 0 Å². The fraction of sp³-hybridized carbons (Fsp3) is 0.700. The summed E-state index contributed by atoms with van der Waals surface area (Å²) in [5, 5.41) is 25.5. The van der Waals surface area contributed by atoms with Gasteiger partial charge in [0.2, 0.25) is 6.30 Å². The van der Waals surface area contributed by atoms with Crippen molar-refractivity contribution in [2.45, 2.75) is 38.5 Å². The smallest absolute Gasteiger partial charge is 0.219 e. The molecule has 0 amide bonds. The number of aromatic nitrogens is 3. The Hall–Kier alpha value is -1.38. The van der Waals surface area contributed by atoms with E-state index in [1.807, 2.05) is 0 Å². The number of hydrogen-bond acceptors (Lipinski definition) is 6. The normalized spacial score (nSPS) is 15.4. The molecule has 0 spiro atoms. The van der Waals surface area contributed by atoms with Crippen LogP contribution in [0.2, 0.25) is 0 Å². The maximum Gasteiger partial charge on any atom is 0.219 e. The zero-order valence-corrected chi connectivity index (χ0v) is 10.2. The molecule has 2 N–H and O–H groups in total. The van der Waals surface area contributed by atoms with E-state index in [1.54, 1.807) is 0 Å². The number of alkyl halides is 1. The van der Waals surface area contributed by atoms with Crippen molar-refractivity contribution >= 4 is 5.78 Å². The van der Waals surface area contributed by atoms with Crippen molar-refractivity contribution in [3.63, 3.8) is 0 Å². The van der Waals surface area contributed by atoms with Crippen LogP contribution >= 0.6 is 0 Å². The third-order valence-corrected chi connectivity index (χ3v) is 2.03. The highest BCUT2D eigenvalue weighted by Crippen LogP contribution is 2.15. The molecule has 0 saturated heterocycles. The standard InChI is InChI=1S/C10H16FN3O4/c1-10(2,17)18-6-7(15)5-8(16)9(11)14-4-3-12-13-14/h3-4,8-9,16-17H,5-6H2,1-2H3. The Morgan fingerprint density at radius 3 is 2.78 bits per heavy atom. The second kappa shape index (κ2) is 5.98. The molecule has 2 atom stereocenters. The zero-order valence-electron chi connectivity index (χ0n) is 10.2. The fourth-order valence-electron chi connectivity index (χ4n) is 1.17. The highest BCUT2D eigenvalue weighted by molar-refractivity contribution is 5.80. The number of carbonyl (C=O) groups is 1. The van der Waals surface area contributed by atoms with Crippen molar-refractivity contribution in [1.82, 2.24) is 15.0 Å². The Kier molecular flexibility index (Phi) is 4.88. The summed E-state index contributed by atoms with van der Waals surface area (Å²) in [6, 6.07) is 0. The minimum absolute atomic E-state index is 0.398. The van der Waals surface area contributed by atoms with E-state index in [0.29, 0.717) is 0 Å². The Morgan fingerprint density at radius 2 is 2.28 bits per heavy atom. The van der Waals surface area contributed by atoms with Gasteiger partial charge in [0.05, 0.1) is 6.20 Å². The minimum atomic E-state index is -1.85. The lowest BCUT2D eigenvalue weighted by molar-refractivity contribution is -0.181. The van der Waals surface area contributed by atoms with Gasteiger partial charge in [-0.05, 0) is 13.8 Å². The molecule has 0 bridgehead atoms. The van der Waals surface area contributed by atoms with Gasteiger partial charge in [0.1, 0.15) is 12.7 Å². The molecule has 8 heteroatoms. The molecule has 0 aliphatic carbocycles. The number of halogens is 1. The van der Waals surface area contributed by atoms with Crippen molar-refractivity contribution < 1.29 is 24.1 Å². The lowest BCUT2D eigenvalue weighted by atomic mass is 10.1. The summed E-state index contributed by atoms with van der Waals surface area (Å²) in [7, 11) is 0. The van der Waals surface area contributed by atoms with E-state index in [9.17, 15) is 19.4 Å². The molecule has 1 rings (SSSR count). The number of ether oxygens (including phenoxy) is 1.